The van der Waals surface area contributed by atoms with Gasteiger partial charge in [0, 0.05) is 18.2 Å². The van der Waals surface area contributed by atoms with E-state index in [-0.39, 0.29) is 0 Å². The molecule has 1 saturated heterocycles. The molecule has 0 aliphatic carbocycles. The van der Waals surface area contributed by atoms with Crippen LogP contribution in [0.2, 0.25) is 0 Å². The number of hydrogen-bond donors (Lipinski definition) is 1. The van der Waals surface area contributed by atoms with Crippen molar-refractivity contribution < 1.29 is 14.0 Å². The molecule has 3 heterocycles. The van der Waals surface area contributed by atoms with Gasteiger partial charge >= 0.3 is 0 Å². The van der Waals surface area contributed by atoms with E-state index < -0.39 is 0 Å². The van der Waals surface area contributed by atoms with Crippen LogP contribution in [0.3, 0.4) is 0 Å². The third kappa shape index (κ3) is 4.51. The first kappa shape index (κ1) is 20.5. The zero-order valence-electron chi connectivity index (χ0n) is 18.2. The second-order valence-electron chi connectivity index (χ2n) is 8.10. The molecule has 7 heteroatoms. The lowest BCUT2D eigenvalue weighted by Crippen LogP contribution is -2.32. The van der Waals surface area contributed by atoms with Crippen molar-refractivity contribution in [1.82, 2.24) is 20.3 Å². The molecule has 3 aromatic rings. The number of rotatable bonds is 7. The van der Waals surface area contributed by atoms with Crippen LogP contribution in [0, 0.1) is 20.8 Å². The number of ether oxygens (including phenoxy) is 2. The van der Waals surface area contributed by atoms with E-state index >= 15 is 0 Å². The number of hydrogen-bond acceptors (Lipinski definition) is 6. The van der Waals surface area contributed by atoms with E-state index in [0.717, 1.165) is 66.7 Å². The topological polar surface area (TPSA) is 76.4 Å². The Hall–Kier alpha value is -2.80. The van der Waals surface area contributed by atoms with Gasteiger partial charge in [0.05, 0.1) is 24.1 Å². The quantitative estimate of drug-likeness (QED) is 0.626. The Kier molecular flexibility index (Phi) is 6.08. The molecular formula is C23H30N4O3. The van der Waals surface area contributed by atoms with Crippen LogP contribution in [-0.4, -0.2) is 40.5 Å². The van der Waals surface area contributed by atoms with Crippen LogP contribution >= 0.6 is 0 Å². The fourth-order valence-electron chi connectivity index (χ4n) is 4.08. The number of aryl methyl sites for hydroxylation is 3. The highest BCUT2D eigenvalue weighted by Gasteiger charge is 2.22. The molecule has 4 rings (SSSR count). The van der Waals surface area contributed by atoms with Gasteiger partial charge in [-0.2, -0.15) is 5.10 Å². The minimum absolute atomic E-state index is 0.414. The maximum absolute atomic E-state index is 6.00. The van der Waals surface area contributed by atoms with Gasteiger partial charge in [-0.15, -0.1) is 0 Å². The van der Waals surface area contributed by atoms with Crippen LogP contribution in [0.4, 0.5) is 0 Å². The van der Waals surface area contributed by atoms with Gasteiger partial charge < -0.3 is 14.0 Å². The third-order valence-corrected chi connectivity index (χ3v) is 5.92. The van der Waals surface area contributed by atoms with Crippen LogP contribution < -0.4 is 9.47 Å². The Bertz CT molecular complexity index is 967. The van der Waals surface area contributed by atoms with Crippen molar-refractivity contribution in [2.75, 3.05) is 20.2 Å². The second-order valence-corrected chi connectivity index (χ2v) is 8.10. The van der Waals surface area contributed by atoms with Crippen LogP contribution in [0.25, 0.3) is 0 Å². The number of piperidine rings is 1. The molecule has 0 unspecified atom stereocenters. The maximum atomic E-state index is 6.00. The van der Waals surface area contributed by atoms with Crippen molar-refractivity contribution >= 4 is 0 Å². The summed E-state index contributed by atoms with van der Waals surface area (Å²) in [4.78, 5) is 2.50. The van der Waals surface area contributed by atoms with E-state index in [0.29, 0.717) is 12.5 Å². The zero-order valence-corrected chi connectivity index (χ0v) is 18.2. The number of benzene rings is 1. The summed E-state index contributed by atoms with van der Waals surface area (Å²) in [6.07, 6.45) is 2.28. The molecule has 30 heavy (non-hydrogen) atoms. The van der Waals surface area contributed by atoms with Crippen LogP contribution in [0.5, 0.6) is 11.5 Å². The summed E-state index contributed by atoms with van der Waals surface area (Å²) in [6.45, 7) is 9.35. The maximum Gasteiger partial charge on any atom is 0.161 e. The van der Waals surface area contributed by atoms with Gasteiger partial charge in [0.1, 0.15) is 12.4 Å². The Morgan fingerprint density at radius 2 is 1.93 bits per heavy atom. The number of nitrogens with zero attached hydrogens (tertiary/aromatic N) is 3. The number of nitrogens with one attached hydrogen (secondary N) is 1. The summed E-state index contributed by atoms with van der Waals surface area (Å²) in [7, 11) is 1.68. The first-order valence-corrected chi connectivity index (χ1v) is 10.5. The first-order chi connectivity index (χ1) is 14.5. The Labute approximate surface area is 177 Å². The highest BCUT2D eigenvalue weighted by molar-refractivity contribution is 5.43. The summed E-state index contributed by atoms with van der Waals surface area (Å²) in [6, 6.07) is 8.36. The number of methoxy groups -OCH3 is 1. The van der Waals surface area contributed by atoms with E-state index in [2.05, 4.69) is 45.4 Å². The molecule has 1 aliphatic rings. The summed E-state index contributed by atoms with van der Waals surface area (Å²) in [5.41, 5.74) is 5.41. The molecule has 0 radical (unpaired) electrons. The highest BCUT2D eigenvalue weighted by Crippen LogP contribution is 2.32. The molecule has 0 spiro atoms. The van der Waals surface area contributed by atoms with Gasteiger partial charge in [-0.05, 0) is 70.5 Å². The number of likely N-dealkylation sites (tertiary alicyclic amines) is 1. The average molecular weight is 411 g/mol. The summed E-state index contributed by atoms with van der Waals surface area (Å²) in [5.74, 6) is 2.83. The lowest BCUT2D eigenvalue weighted by atomic mass is 9.93. The average Bonchev–Trinajstić information content (AvgIpc) is 3.33. The third-order valence-electron chi connectivity index (χ3n) is 5.92. The van der Waals surface area contributed by atoms with Gasteiger partial charge in [0.25, 0.3) is 0 Å². The molecule has 0 bridgehead atoms. The van der Waals surface area contributed by atoms with E-state index in [4.69, 9.17) is 14.0 Å². The largest absolute Gasteiger partial charge is 0.493 e. The van der Waals surface area contributed by atoms with Gasteiger partial charge in [-0.1, -0.05) is 11.2 Å². The second kappa shape index (κ2) is 8.92. The fourth-order valence-corrected chi connectivity index (χ4v) is 4.08. The molecule has 0 amide bonds. The lowest BCUT2D eigenvalue weighted by Gasteiger charge is -2.31. The van der Waals surface area contributed by atoms with Crippen molar-refractivity contribution in [3.05, 3.63) is 58.2 Å². The number of H-pyrrole nitrogens is 1. The zero-order chi connectivity index (χ0) is 21.1. The Balaban J connectivity index is 1.35. The molecule has 2 aromatic heterocycles. The molecule has 160 valence electrons. The van der Waals surface area contributed by atoms with Gasteiger partial charge in [-0.3, -0.25) is 10.00 Å². The molecule has 1 fully saturated rings. The SMILES string of the molecule is COc1cc(CN2CCC(c3cc(C)[nH]n3)CC2)ccc1OCc1c(C)noc1C. The smallest absolute Gasteiger partial charge is 0.161 e. The molecule has 0 atom stereocenters. The highest BCUT2D eigenvalue weighted by atomic mass is 16.5. The molecule has 0 saturated carbocycles. The standard InChI is InChI=1S/C23H30N4O3/c1-15-11-21(25-24-15)19-7-9-27(10-8-19)13-18-5-6-22(23(12-18)28-4)29-14-20-16(2)26-30-17(20)3/h5-6,11-12,19H,7-10,13-14H2,1-4H3,(H,24,25). The predicted molar refractivity (Wildman–Crippen MR) is 114 cm³/mol. The fraction of sp³-hybridized carbons (Fsp3) is 0.478. The Morgan fingerprint density at radius 3 is 2.57 bits per heavy atom. The van der Waals surface area contributed by atoms with Crippen molar-refractivity contribution in [3.63, 3.8) is 0 Å². The predicted octanol–water partition coefficient (Wildman–Crippen LogP) is 4.29. The molecular weight excluding hydrogens is 380 g/mol. The van der Waals surface area contributed by atoms with E-state index in [1.165, 1.54) is 11.3 Å². The minimum Gasteiger partial charge on any atom is -0.493 e. The summed E-state index contributed by atoms with van der Waals surface area (Å²) < 4.78 is 16.8. The van der Waals surface area contributed by atoms with E-state index in [9.17, 15) is 0 Å². The molecule has 7 nitrogen and oxygen atoms in total. The molecule has 1 aliphatic heterocycles. The molecule has 1 aromatic carbocycles. The minimum atomic E-state index is 0.414. The normalized spacial score (nSPS) is 15.5. The van der Waals surface area contributed by atoms with Gasteiger partial charge in [0.2, 0.25) is 0 Å². The first-order valence-electron chi connectivity index (χ1n) is 10.5. The number of aromatic nitrogens is 3. The van der Waals surface area contributed by atoms with Crippen molar-refractivity contribution in [2.45, 2.75) is 52.7 Å². The monoisotopic (exact) mass is 410 g/mol. The summed E-state index contributed by atoms with van der Waals surface area (Å²) in [5, 5.41) is 11.5. The van der Waals surface area contributed by atoms with Crippen molar-refractivity contribution in [1.29, 1.82) is 0 Å². The van der Waals surface area contributed by atoms with Crippen molar-refractivity contribution in [3.8, 4) is 11.5 Å². The van der Waals surface area contributed by atoms with Crippen LogP contribution in [-0.2, 0) is 13.2 Å². The Morgan fingerprint density at radius 1 is 1.13 bits per heavy atom. The van der Waals surface area contributed by atoms with Gasteiger partial charge in [-0.25, -0.2) is 0 Å². The van der Waals surface area contributed by atoms with Crippen molar-refractivity contribution in [2.24, 2.45) is 0 Å². The van der Waals surface area contributed by atoms with Gasteiger partial charge in [0.15, 0.2) is 11.5 Å². The lowest BCUT2D eigenvalue weighted by molar-refractivity contribution is 0.203. The molecule has 1 N–H and O–H groups in total. The summed E-state index contributed by atoms with van der Waals surface area (Å²) >= 11 is 0. The van der Waals surface area contributed by atoms with Crippen LogP contribution in [0.1, 0.15) is 52.7 Å². The van der Waals surface area contributed by atoms with E-state index in [1.807, 2.05) is 19.9 Å². The number of aromatic amines is 1. The van der Waals surface area contributed by atoms with Crippen LogP contribution in [0.15, 0.2) is 28.8 Å². The van der Waals surface area contributed by atoms with E-state index in [1.54, 1.807) is 7.11 Å².